The van der Waals surface area contributed by atoms with Crippen LogP contribution in [0.2, 0.25) is 0 Å². The molecule has 0 fully saturated rings. The molecule has 0 saturated heterocycles. The maximum atomic E-state index is 12.3. The standard InChI is InChI=1S/C16H19NO4.C15H19NO2/c1-4-11-21-16(20)13(5-2)15(19)17(3)14(18)12-9-7-6-8-10-12;1-4-9-12(5-2)14(17)16(3)15(18)13-10-7-6-8-11-13/h4,6-10,13H,1,5,11H2,2-3H3;4,6-8,10-12H,1,5,9H2,2-3H3/t;12-/m.0/s1. The predicted octanol–water partition coefficient (Wildman–Crippen LogP) is 4.93. The van der Waals surface area contributed by atoms with E-state index in [1.165, 1.54) is 25.1 Å². The molecule has 0 aliphatic heterocycles. The minimum absolute atomic E-state index is 0.0406. The number of rotatable bonds is 11. The van der Waals surface area contributed by atoms with Gasteiger partial charge in [-0.2, -0.15) is 0 Å². The van der Waals surface area contributed by atoms with Gasteiger partial charge in [-0.25, -0.2) is 0 Å². The van der Waals surface area contributed by atoms with Gasteiger partial charge in [0.15, 0.2) is 0 Å². The second-order valence-electron chi connectivity index (χ2n) is 8.65. The third kappa shape index (κ3) is 9.81. The first-order valence-electron chi connectivity index (χ1n) is 12.8. The van der Waals surface area contributed by atoms with E-state index in [9.17, 15) is 24.0 Å². The van der Waals surface area contributed by atoms with E-state index >= 15 is 0 Å². The number of imide groups is 2. The lowest BCUT2D eigenvalue weighted by Crippen LogP contribution is -2.41. The first-order chi connectivity index (χ1) is 18.6. The van der Waals surface area contributed by atoms with Crippen molar-refractivity contribution in [2.75, 3.05) is 20.7 Å². The molecule has 8 heteroatoms. The average Bonchev–Trinajstić information content (AvgIpc) is 2.98. The van der Waals surface area contributed by atoms with Crippen LogP contribution in [-0.2, 0) is 19.1 Å². The minimum Gasteiger partial charge on any atom is -0.461 e. The van der Waals surface area contributed by atoms with E-state index in [1.54, 1.807) is 67.6 Å². The van der Waals surface area contributed by atoms with Crippen molar-refractivity contribution >= 4 is 29.6 Å². The number of esters is 1. The lowest BCUT2D eigenvalue weighted by atomic mass is 10.0. The number of carbonyl (C=O) groups is 5. The van der Waals surface area contributed by atoms with E-state index in [0.29, 0.717) is 24.0 Å². The molecular formula is C31H38N2O6. The Hall–Kier alpha value is -4.33. The van der Waals surface area contributed by atoms with Crippen molar-refractivity contribution in [2.24, 2.45) is 11.8 Å². The SMILES string of the molecule is C=CCOC(=O)C(CC)C(=O)N(C)C(=O)c1ccccc1.C=CC[C@H](CC)C(=O)N(C)C(=O)c1ccccc1. The Labute approximate surface area is 230 Å². The Bertz CT molecular complexity index is 1130. The average molecular weight is 535 g/mol. The van der Waals surface area contributed by atoms with Crippen LogP contribution in [-0.4, -0.2) is 60.1 Å². The largest absolute Gasteiger partial charge is 0.461 e. The zero-order valence-electron chi connectivity index (χ0n) is 23.2. The molecule has 2 aromatic carbocycles. The number of benzene rings is 2. The molecule has 0 radical (unpaired) electrons. The normalized spacial score (nSPS) is 11.5. The fraction of sp³-hybridized carbons (Fsp3) is 0.323. The summed E-state index contributed by atoms with van der Waals surface area (Å²) in [6, 6.07) is 17.3. The van der Waals surface area contributed by atoms with E-state index in [4.69, 9.17) is 4.74 Å². The number of carbonyl (C=O) groups excluding carboxylic acids is 5. The zero-order valence-corrected chi connectivity index (χ0v) is 23.2. The Balaban J connectivity index is 0.000000395. The number of allylic oxidation sites excluding steroid dienone is 1. The van der Waals surface area contributed by atoms with Gasteiger partial charge >= 0.3 is 5.97 Å². The molecule has 0 heterocycles. The maximum Gasteiger partial charge on any atom is 0.318 e. The van der Waals surface area contributed by atoms with E-state index < -0.39 is 23.7 Å². The molecule has 0 bridgehead atoms. The van der Waals surface area contributed by atoms with Gasteiger partial charge in [0.1, 0.15) is 12.5 Å². The molecule has 0 aliphatic carbocycles. The summed E-state index contributed by atoms with van der Waals surface area (Å²) in [5.41, 5.74) is 0.921. The summed E-state index contributed by atoms with van der Waals surface area (Å²) in [6.07, 6.45) is 4.71. The first-order valence-corrected chi connectivity index (χ1v) is 12.8. The number of nitrogens with zero attached hydrogens (tertiary/aromatic N) is 2. The lowest BCUT2D eigenvalue weighted by molar-refractivity contribution is -0.153. The van der Waals surface area contributed by atoms with Gasteiger partial charge < -0.3 is 4.74 Å². The van der Waals surface area contributed by atoms with E-state index in [-0.39, 0.29) is 30.8 Å². The van der Waals surface area contributed by atoms with Crippen LogP contribution in [0, 0.1) is 11.8 Å². The third-order valence-corrected chi connectivity index (χ3v) is 5.94. The molecule has 2 rings (SSSR count). The zero-order chi connectivity index (χ0) is 29.4. The molecule has 4 amide bonds. The highest BCUT2D eigenvalue weighted by molar-refractivity contribution is 6.09. The molecule has 2 atom stereocenters. The van der Waals surface area contributed by atoms with Crippen molar-refractivity contribution in [1.29, 1.82) is 0 Å². The van der Waals surface area contributed by atoms with Gasteiger partial charge in [0.2, 0.25) is 11.8 Å². The summed E-state index contributed by atoms with van der Waals surface area (Å²) >= 11 is 0. The van der Waals surface area contributed by atoms with Crippen molar-refractivity contribution in [3.8, 4) is 0 Å². The Morgan fingerprint density at radius 2 is 1.21 bits per heavy atom. The first kappa shape index (κ1) is 32.7. The highest BCUT2D eigenvalue weighted by Gasteiger charge is 2.32. The Kier molecular flexibility index (Phi) is 14.4. The molecule has 39 heavy (non-hydrogen) atoms. The molecule has 0 saturated carbocycles. The van der Waals surface area contributed by atoms with Crippen LogP contribution >= 0.6 is 0 Å². The number of hydrogen-bond donors (Lipinski definition) is 0. The van der Waals surface area contributed by atoms with Gasteiger partial charge in [0.05, 0.1) is 0 Å². The molecular weight excluding hydrogens is 496 g/mol. The van der Waals surface area contributed by atoms with E-state index in [1.807, 2.05) is 13.0 Å². The predicted molar refractivity (Wildman–Crippen MR) is 151 cm³/mol. The van der Waals surface area contributed by atoms with Crippen molar-refractivity contribution in [1.82, 2.24) is 9.80 Å². The minimum atomic E-state index is -0.984. The summed E-state index contributed by atoms with van der Waals surface area (Å²) in [7, 11) is 2.89. The quantitative estimate of drug-likeness (QED) is 0.230. The molecule has 208 valence electrons. The summed E-state index contributed by atoms with van der Waals surface area (Å²) < 4.78 is 4.89. The van der Waals surface area contributed by atoms with Crippen molar-refractivity contribution in [3.05, 3.63) is 97.1 Å². The smallest absolute Gasteiger partial charge is 0.318 e. The maximum absolute atomic E-state index is 12.3. The molecule has 0 N–H and O–H groups in total. The monoisotopic (exact) mass is 534 g/mol. The van der Waals surface area contributed by atoms with Gasteiger partial charge in [-0.15, -0.1) is 6.58 Å². The van der Waals surface area contributed by atoms with Gasteiger partial charge in [-0.3, -0.25) is 33.8 Å². The molecule has 8 nitrogen and oxygen atoms in total. The van der Waals surface area contributed by atoms with Crippen LogP contribution in [0.5, 0.6) is 0 Å². The fourth-order valence-electron chi connectivity index (χ4n) is 3.58. The number of ether oxygens (including phenoxy) is 1. The van der Waals surface area contributed by atoms with E-state index in [0.717, 1.165) is 4.90 Å². The van der Waals surface area contributed by atoms with Crippen molar-refractivity contribution in [3.63, 3.8) is 0 Å². The highest BCUT2D eigenvalue weighted by Crippen LogP contribution is 2.15. The molecule has 0 spiro atoms. The second-order valence-corrected chi connectivity index (χ2v) is 8.65. The fourth-order valence-corrected chi connectivity index (χ4v) is 3.58. The topological polar surface area (TPSA) is 101 Å². The van der Waals surface area contributed by atoms with Crippen LogP contribution in [0.1, 0.15) is 53.8 Å². The third-order valence-electron chi connectivity index (χ3n) is 5.94. The van der Waals surface area contributed by atoms with Gasteiger partial charge in [0.25, 0.3) is 11.8 Å². The molecule has 0 aromatic heterocycles. The summed E-state index contributed by atoms with van der Waals surface area (Å²) in [6.45, 7) is 10.7. The molecule has 2 aromatic rings. The van der Waals surface area contributed by atoms with E-state index in [2.05, 4.69) is 13.2 Å². The Morgan fingerprint density at radius 1 is 0.744 bits per heavy atom. The van der Waals surface area contributed by atoms with Crippen LogP contribution in [0.15, 0.2) is 86.0 Å². The van der Waals surface area contributed by atoms with Gasteiger partial charge in [-0.05, 0) is 43.5 Å². The van der Waals surface area contributed by atoms with Crippen LogP contribution < -0.4 is 0 Å². The summed E-state index contributed by atoms with van der Waals surface area (Å²) in [4.78, 5) is 62.6. The van der Waals surface area contributed by atoms with Crippen molar-refractivity contribution in [2.45, 2.75) is 33.1 Å². The number of amides is 4. The van der Waals surface area contributed by atoms with Gasteiger partial charge in [0, 0.05) is 31.1 Å². The van der Waals surface area contributed by atoms with Crippen LogP contribution in [0.25, 0.3) is 0 Å². The Morgan fingerprint density at radius 3 is 1.59 bits per heavy atom. The van der Waals surface area contributed by atoms with Crippen LogP contribution in [0.3, 0.4) is 0 Å². The van der Waals surface area contributed by atoms with Gasteiger partial charge in [-0.1, -0.05) is 69.0 Å². The summed E-state index contributed by atoms with van der Waals surface area (Å²) in [5.74, 6) is -3.22. The van der Waals surface area contributed by atoms with Crippen LogP contribution in [0.4, 0.5) is 0 Å². The second kappa shape index (κ2) is 17.2. The highest BCUT2D eigenvalue weighted by atomic mass is 16.5. The molecule has 1 unspecified atom stereocenters. The molecule has 0 aliphatic rings. The summed E-state index contributed by atoms with van der Waals surface area (Å²) in [5, 5.41) is 0. The lowest BCUT2D eigenvalue weighted by Gasteiger charge is -2.20. The van der Waals surface area contributed by atoms with Crippen molar-refractivity contribution < 1.29 is 28.7 Å². The number of hydrogen-bond acceptors (Lipinski definition) is 6.